The van der Waals surface area contributed by atoms with Crippen LogP contribution in [0.25, 0.3) is 0 Å². The molecule has 2 aliphatic carbocycles. The molecule has 0 radical (unpaired) electrons. The summed E-state index contributed by atoms with van der Waals surface area (Å²) >= 11 is -0.826. The number of aliphatic imine (C=N–C) groups is 1. The van der Waals surface area contributed by atoms with Crippen molar-refractivity contribution >= 4 is 23.2 Å². The molecule has 1 spiro atoms. The summed E-state index contributed by atoms with van der Waals surface area (Å²) in [7, 11) is 9.87. The Morgan fingerprint density at radius 2 is 1.83 bits per heavy atom. The molecule has 1 N–H and O–H groups in total. The standard InChI is InChI=1S/C18H25NO.2ClH.Zr/c1-14-7-5-8-15(17(14)20)13-19-16-9-6-12-18(16)10-3-2-4-11-18;;;/h5,7-8,13,16,20H,2-4,6,9-12H2,1H3;2*1H;/q;;;+2/p-2. The van der Waals surface area contributed by atoms with Gasteiger partial charge in [-0.25, -0.2) is 0 Å². The van der Waals surface area contributed by atoms with Crippen LogP contribution in [-0.2, 0) is 20.8 Å². The van der Waals surface area contributed by atoms with Gasteiger partial charge in [-0.2, -0.15) is 0 Å². The van der Waals surface area contributed by atoms with Crippen LogP contribution in [-0.4, -0.2) is 17.4 Å². The molecular formula is C18H25Cl2NOZr. The summed E-state index contributed by atoms with van der Waals surface area (Å²) in [5, 5.41) is 10.1. The molecule has 23 heavy (non-hydrogen) atoms. The van der Waals surface area contributed by atoms with Crippen molar-refractivity contribution in [3.63, 3.8) is 0 Å². The second-order valence-electron chi connectivity index (χ2n) is 6.69. The van der Waals surface area contributed by atoms with E-state index in [9.17, 15) is 5.11 Å². The first-order valence-corrected chi connectivity index (χ1v) is 14.7. The number of aryl methyl sites for hydroxylation is 1. The molecule has 0 amide bonds. The first-order chi connectivity index (χ1) is 11.1. The molecule has 2 nitrogen and oxygen atoms in total. The number of phenolic OH excluding ortho intramolecular Hbond substituents is 1. The van der Waals surface area contributed by atoms with Gasteiger partial charge in [-0.3, -0.25) is 4.99 Å². The third-order valence-corrected chi connectivity index (χ3v) is 5.37. The van der Waals surface area contributed by atoms with Gasteiger partial charge in [-0.15, -0.1) is 0 Å². The van der Waals surface area contributed by atoms with Crippen molar-refractivity contribution in [1.82, 2.24) is 0 Å². The Labute approximate surface area is 158 Å². The molecule has 1 atom stereocenters. The SMILES string of the molecule is Cc1cccc(C=NC2CCCC23CCCCC3)c1O.[Cl][Zr][Cl]. The van der Waals surface area contributed by atoms with Gasteiger partial charge in [0.1, 0.15) is 5.75 Å². The molecule has 2 aliphatic rings. The van der Waals surface area contributed by atoms with Crippen LogP contribution in [0.15, 0.2) is 23.2 Å². The van der Waals surface area contributed by atoms with Gasteiger partial charge in [0.25, 0.3) is 0 Å². The Morgan fingerprint density at radius 1 is 1.17 bits per heavy atom. The first-order valence-electron chi connectivity index (χ1n) is 8.41. The fourth-order valence-electron chi connectivity index (χ4n) is 4.15. The van der Waals surface area contributed by atoms with E-state index < -0.39 is 20.8 Å². The molecule has 0 bridgehead atoms. The number of hydrogen-bond donors (Lipinski definition) is 1. The number of nitrogens with zero attached hydrogens (tertiary/aromatic N) is 1. The Kier molecular flexibility index (Phi) is 8.12. The number of para-hydroxylation sites is 1. The van der Waals surface area contributed by atoms with Crippen LogP contribution >= 0.6 is 17.0 Å². The van der Waals surface area contributed by atoms with E-state index in [1.807, 2.05) is 31.3 Å². The van der Waals surface area contributed by atoms with Gasteiger partial charge >= 0.3 is 37.9 Å². The molecule has 2 fully saturated rings. The van der Waals surface area contributed by atoms with Crippen LogP contribution in [0, 0.1) is 12.3 Å². The van der Waals surface area contributed by atoms with Crippen LogP contribution in [0.4, 0.5) is 0 Å². The summed E-state index contributed by atoms with van der Waals surface area (Å²) in [5.41, 5.74) is 2.27. The van der Waals surface area contributed by atoms with Gasteiger partial charge in [0.05, 0.1) is 6.04 Å². The average Bonchev–Trinajstić information content (AvgIpc) is 2.92. The normalized spacial score (nSPS) is 22.8. The Morgan fingerprint density at radius 3 is 2.52 bits per heavy atom. The fourth-order valence-corrected chi connectivity index (χ4v) is 4.15. The van der Waals surface area contributed by atoms with E-state index in [0.717, 1.165) is 11.1 Å². The summed E-state index contributed by atoms with van der Waals surface area (Å²) < 4.78 is 0. The maximum atomic E-state index is 10.1. The summed E-state index contributed by atoms with van der Waals surface area (Å²) in [4.78, 5) is 4.89. The molecule has 0 aliphatic heterocycles. The molecule has 5 heteroatoms. The molecule has 1 unspecified atom stereocenters. The monoisotopic (exact) mass is 431 g/mol. The molecule has 0 saturated heterocycles. The van der Waals surface area contributed by atoms with E-state index in [-0.39, 0.29) is 0 Å². The summed E-state index contributed by atoms with van der Waals surface area (Å²) in [6, 6.07) is 6.35. The van der Waals surface area contributed by atoms with Gasteiger partial charge < -0.3 is 5.11 Å². The molecule has 126 valence electrons. The first kappa shape index (κ1) is 19.5. The van der Waals surface area contributed by atoms with Crippen molar-refractivity contribution in [1.29, 1.82) is 0 Å². The van der Waals surface area contributed by atoms with Crippen molar-refractivity contribution in [2.75, 3.05) is 0 Å². The number of benzene rings is 1. The molecule has 0 aromatic heterocycles. The maximum absolute atomic E-state index is 10.1. The summed E-state index contributed by atoms with van der Waals surface area (Å²) in [5.74, 6) is 0.381. The van der Waals surface area contributed by atoms with E-state index in [4.69, 9.17) is 22.0 Å². The predicted molar refractivity (Wildman–Crippen MR) is 95.3 cm³/mol. The van der Waals surface area contributed by atoms with Crippen molar-refractivity contribution < 1.29 is 26.0 Å². The van der Waals surface area contributed by atoms with Gasteiger partial charge in [-0.05, 0) is 49.7 Å². The van der Waals surface area contributed by atoms with Crippen molar-refractivity contribution in [2.24, 2.45) is 10.4 Å². The molecule has 3 rings (SSSR count). The van der Waals surface area contributed by atoms with E-state index in [1.54, 1.807) is 0 Å². The number of aromatic hydroxyl groups is 1. The third kappa shape index (κ3) is 5.06. The zero-order valence-corrected chi connectivity index (χ0v) is 17.7. The van der Waals surface area contributed by atoms with Crippen molar-refractivity contribution in [2.45, 2.75) is 64.3 Å². The van der Waals surface area contributed by atoms with Crippen molar-refractivity contribution in [3.05, 3.63) is 29.3 Å². The minimum atomic E-state index is -0.826. The van der Waals surface area contributed by atoms with Crippen LogP contribution in [0.5, 0.6) is 5.75 Å². The quantitative estimate of drug-likeness (QED) is 0.570. The molecule has 1 aromatic carbocycles. The second-order valence-corrected chi connectivity index (χ2v) is 10.4. The number of hydrogen-bond acceptors (Lipinski definition) is 2. The summed E-state index contributed by atoms with van der Waals surface area (Å²) in [6.45, 7) is 1.94. The number of halogens is 2. The zero-order chi connectivity index (χ0) is 16.7. The number of phenols is 1. The predicted octanol–water partition coefficient (Wildman–Crippen LogP) is 6.00. The molecule has 1 aromatic rings. The average molecular weight is 434 g/mol. The van der Waals surface area contributed by atoms with Gasteiger partial charge in [0, 0.05) is 11.8 Å². The van der Waals surface area contributed by atoms with E-state index in [0.29, 0.717) is 17.2 Å². The van der Waals surface area contributed by atoms with Gasteiger partial charge in [0.15, 0.2) is 0 Å². The molecule has 0 heterocycles. The van der Waals surface area contributed by atoms with E-state index >= 15 is 0 Å². The van der Waals surface area contributed by atoms with Crippen LogP contribution in [0.1, 0.15) is 62.5 Å². The van der Waals surface area contributed by atoms with E-state index in [2.05, 4.69) is 0 Å². The minimum absolute atomic E-state index is 0.381. The van der Waals surface area contributed by atoms with Gasteiger partial charge in [0.2, 0.25) is 0 Å². The Hall–Kier alpha value is 0.153. The van der Waals surface area contributed by atoms with Crippen LogP contribution in [0.2, 0.25) is 0 Å². The Bertz CT molecular complexity index is 530. The topological polar surface area (TPSA) is 32.6 Å². The summed E-state index contributed by atoms with van der Waals surface area (Å²) in [6.07, 6.45) is 12.7. The van der Waals surface area contributed by atoms with Gasteiger partial charge in [-0.1, -0.05) is 37.8 Å². The van der Waals surface area contributed by atoms with Crippen LogP contribution < -0.4 is 0 Å². The fraction of sp³-hybridized carbons (Fsp3) is 0.611. The second kappa shape index (κ2) is 9.59. The molecular weight excluding hydrogens is 408 g/mol. The van der Waals surface area contributed by atoms with E-state index in [1.165, 1.54) is 51.4 Å². The molecule has 2 saturated carbocycles. The zero-order valence-electron chi connectivity index (χ0n) is 13.7. The van der Waals surface area contributed by atoms with Crippen LogP contribution in [0.3, 0.4) is 0 Å². The van der Waals surface area contributed by atoms with Crippen molar-refractivity contribution in [3.8, 4) is 5.75 Å². The third-order valence-electron chi connectivity index (χ3n) is 5.37. The Balaban J connectivity index is 0.000000595. The number of rotatable bonds is 2.